The number of anilines is 1. The van der Waals surface area contributed by atoms with Gasteiger partial charge in [0, 0.05) is 32.6 Å². The minimum Gasteiger partial charge on any atom is -0.399 e. The molecule has 0 radical (unpaired) electrons. The Hall–Kier alpha value is -2.03. The number of nitrogens with one attached hydrogen (secondary N) is 1. The molecule has 0 fully saturated rings. The maximum atomic E-state index is 8.34. The highest BCUT2D eigenvalue weighted by molar-refractivity contribution is 7.98. The fourth-order valence-electron chi connectivity index (χ4n) is 1.77. The predicted octanol–water partition coefficient (Wildman–Crippen LogP) is 6.37. The first-order valence-electron chi connectivity index (χ1n) is 8.24. The number of hydrogen-bond donors (Lipinski definition) is 3. The van der Waals surface area contributed by atoms with E-state index in [1.807, 2.05) is 40.0 Å². The molecule has 5 heteroatoms. The second kappa shape index (κ2) is 13.3. The summed E-state index contributed by atoms with van der Waals surface area (Å²) in [5.74, 6) is 0. The molecule has 3 N–H and O–H groups in total. The van der Waals surface area contributed by atoms with Crippen molar-refractivity contribution in [3.05, 3.63) is 54.2 Å². The third-order valence-corrected chi connectivity index (χ3v) is 4.00. The minimum absolute atomic E-state index is 0.643. The molecule has 3 aromatic rings. The van der Waals surface area contributed by atoms with E-state index >= 15 is 0 Å². The van der Waals surface area contributed by atoms with Crippen LogP contribution in [0.4, 0.5) is 5.69 Å². The number of H-pyrrole nitrogens is 1. The van der Waals surface area contributed by atoms with Gasteiger partial charge >= 0.3 is 0 Å². The number of nitrogen functional groups attached to an aromatic ring is 1. The Bertz CT molecular complexity index is 772. The summed E-state index contributed by atoms with van der Waals surface area (Å²) in [7, 11) is 0. The highest BCUT2D eigenvalue weighted by Crippen LogP contribution is 2.25. The predicted molar refractivity (Wildman–Crippen MR) is 116 cm³/mol. The van der Waals surface area contributed by atoms with Gasteiger partial charge in [0.2, 0.25) is 0 Å². The van der Waals surface area contributed by atoms with Crippen molar-refractivity contribution in [2.24, 2.45) is 0 Å². The van der Waals surface area contributed by atoms with Gasteiger partial charge in [-0.2, -0.15) is 5.26 Å². The zero-order chi connectivity index (χ0) is 19.2. The lowest BCUT2D eigenvalue weighted by Gasteiger charge is -1.95. The van der Waals surface area contributed by atoms with E-state index in [1.165, 1.54) is 10.3 Å². The number of fused-ring (bicyclic) bond motifs is 1. The standard InChI is InChI=1S/C9H9NS2.C7H6N2.2C2H6/c1-12-6-2-3-7-8(4-6)10-5-9(7)11;8-5-6-1-3-7(9)4-2-6;2*1-2/h2-5,10-11H,1H3;1-4H,9H2;2*1-2H3. The van der Waals surface area contributed by atoms with Crippen molar-refractivity contribution in [3.63, 3.8) is 0 Å². The lowest BCUT2D eigenvalue weighted by atomic mass is 10.2. The zero-order valence-electron chi connectivity index (χ0n) is 15.5. The molecule has 1 aromatic heterocycles. The average Bonchev–Trinajstić information content (AvgIpc) is 3.06. The molecule has 0 aliphatic carbocycles. The van der Waals surface area contributed by atoms with Crippen molar-refractivity contribution in [1.82, 2.24) is 4.98 Å². The second-order valence-corrected chi connectivity index (χ2v) is 5.68. The van der Waals surface area contributed by atoms with E-state index in [9.17, 15) is 0 Å². The van der Waals surface area contributed by atoms with Crippen LogP contribution in [0.25, 0.3) is 10.9 Å². The number of thiol groups is 1. The molecule has 25 heavy (non-hydrogen) atoms. The van der Waals surface area contributed by atoms with Gasteiger partial charge in [0.05, 0.1) is 11.6 Å². The van der Waals surface area contributed by atoms with Crippen LogP contribution in [0.15, 0.2) is 58.5 Å². The first kappa shape index (κ1) is 23.0. The molecule has 0 aliphatic rings. The summed E-state index contributed by atoms with van der Waals surface area (Å²) in [5, 5.41) is 9.53. The molecule has 2 aromatic carbocycles. The van der Waals surface area contributed by atoms with Crippen LogP contribution in [0, 0.1) is 11.3 Å². The molecule has 134 valence electrons. The molecule has 0 saturated carbocycles. The van der Waals surface area contributed by atoms with E-state index in [0.29, 0.717) is 11.3 Å². The van der Waals surface area contributed by atoms with Crippen molar-refractivity contribution in [2.45, 2.75) is 37.5 Å². The maximum Gasteiger partial charge on any atom is 0.0991 e. The monoisotopic (exact) mass is 373 g/mol. The Labute approximate surface area is 161 Å². The minimum atomic E-state index is 0.643. The first-order valence-corrected chi connectivity index (χ1v) is 9.91. The Balaban J connectivity index is 0.000000396. The van der Waals surface area contributed by atoms with Crippen molar-refractivity contribution < 1.29 is 0 Å². The number of nitriles is 1. The van der Waals surface area contributed by atoms with Crippen LogP contribution in [-0.4, -0.2) is 11.2 Å². The van der Waals surface area contributed by atoms with Crippen LogP contribution < -0.4 is 5.73 Å². The van der Waals surface area contributed by atoms with Gasteiger partial charge in [-0.25, -0.2) is 0 Å². The van der Waals surface area contributed by atoms with Crippen molar-refractivity contribution in [2.75, 3.05) is 12.0 Å². The van der Waals surface area contributed by atoms with Gasteiger partial charge in [-0.15, -0.1) is 24.4 Å². The molecule has 0 spiro atoms. The summed E-state index contributed by atoms with van der Waals surface area (Å²) >= 11 is 6.07. The molecule has 3 nitrogen and oxygen atoms in total. The van der Waals surface area contributed by atoms with Gasteiger partial charge in [0.15, 0.2) is 0 Å². The molecule has 0 atom stereocenters. The number of nitrogens with two attached hydrogens (primary N) is 1. The molecule has 0 aliphatic heterocycles. The lowest BCUT2D eigenvalue weighted by Crippen LogP contribution is -1.82. The van der Waals surface area contributed by atoms with E-state index in [2.05, 4.69) is 42.1 Å². The number of hydrogen-bond acceptors (Lipinski definition) is 4. The largest absolute Gasteiger partial charge is 0.399 e. The summed E-state index contributed by atoms with van der Waals surface area (Å²) in [6, 6.07) is 15.1. The fraction of sp³-hybridized carbons (Fsp3) is 0.250. The van der Waals surface area contributed by atoms with E-state index in [0.717, 1.165) is 10.4 Å². The molecule has 0 unspecified atom stereocenters. The Morgan fingerprint density at radius 1 is 1.04 bits per heavy atom. The molecule has 1 heterocycles. The van der Waals surface area contributed by atoms with E-state index < -0.39 is 0 Å². The number of aromatic amines is 1. The van der Waals surface area contributed by atoms with Crippen molar-refractivity contribution in [1.29, 1.82) is 5.26 Å². The molecule has 0 saturated heterocycles. The topological polar surface area (TPSA) is 65.6 Å². The molecule has 3 rings (SSSR count). The zero-order valence-corrected chi connectivity index (χ0v) is 17.2. The van der Waals surface area contributed by atoms with Gasteiger partial charge < -0.3 is 10.7 Å². The third kappa shape index (κ3) is 7.59. The number of benzene rings is 2. The van der Waals surface area contributed by atoms with Crippen LogP contribution >= 0.6 is 24.4 Å². The van der Waals surface area contributed by atoms with Gasteiger partial charge in [0.1, 0.15) is 0 Å². The molecule has 0 amide bonds. The quantitative estimate of drug-likeness (QED) is 0.264. The molecular weight excluding hydrogens is 346 g/mol. The average molecular weight is 374 g/mol. The van der Waals surface area contributed by atoms with Crippen LogP contribution in [0.3, 0.4) is 0 Å². The Morgan fingerprint density at radius 2 is 1.64 bits per heavy atom. The molecular formula is C20H27N3S2. The smallest absolute Gasteiger partial charge is 0.0991 e. The number of rotatable bonds is 1. The van der Waals surface area contributed by atoms with Crippen LogP contribution in [-0.2, 0) is 0 Å². The third-order valence-electron chi connectivity index (χ3n) is 2.91. The summed E-state index contributed by atoms with van der Waals surface area (Å²) in [6.45, 7) is 8.00. The Morgan fingerprint density at radius 3 is 2.16 bits per heavy atom. The van der Waals surface area contributed by atoms with Gasteiger partial charge in [-0.3, -0.25) is 0 Å². The van der Waals surface area contributed by atoms with Crippen molar-refractivity contribution in [3.8, 4) is 6.07 Å². The SMILES string of the molecule is CC.CC.CSc1ccc2c(S)c[nH]c2c1.N#Cc1ccc(N)cc1. The normalized spacial score (nSPS) is 8.68. The summed E-state index contributed by atoms with van der Waals surface area (Å²) in [4.78, 5) is 5.46. The van der Waals surface area contributed by atoms with E-state index in [1.54, 1.807) is 36.0 Å². The van der Waals surface area contributed by atoms with E-state index in [4.69, 9.17) is 11.0 Å². The summed E-state index contributed by atoms with van der Waals surface area (Å²) in [5.41, 5.74) is 7.86. The highest BCUT2D eigenvalue weighted by Gasteiger charge is 1.99. The second-order valence-electron chi connectivity index (χ2n) is 4.32. The van der Waals surface area contributed by atoms with Crippen LogP contribution in [0.5, 0.6) is 0 Å². The number of nitrogens with zero attached hydrogens (tertiary/aromatic N) is 1. The van der Waals surface area contributed by atoms with Crippen LogP contribution in [0.1, 0.15) is 33.3 Å². The maximum absolute atomic E-state index is 8.34. The fourth-order valence-corrected chi connectivity index (χ4v) is 2.47. The van der Waals surface area contributed by atoms with Gasteiger partial charge in [-0.05, 0) is 42.7 Å². The van der Waals surface area contributed by atoms with Gasteiger partial charge in [0.25, 0.3) is 0 Å². The van der Waals surface area contributed by atoms with Gasteiger partial charge in [-0.1, -0.05) is 33.8 Å². The first-order chi connectivity index (χ1) is 12.1. The number of thioether (sulfide) groups is 1. The lowest BCUT2D eigenvalue weighted by molar-refractivity contribution is 1.41. The van der Waals surface area contributed by atoms with E-state index in [-0.39, 0.29) is 0 Å². The number of aromatic nitrogens is 1. The Kier molecular flexibility index (Phi) is 12.2. The van der Waals surface area contributed by atoms with Crippen molar-refractivity contribution >= 4 is 41.0 Å². The summed E-state index contributed by atoms with van der Waals surface area (Å²) < 4.78 is 0. The molecule has 0 bridgehead atoms. The summed E-state index contributed by atoms with van der Waals surface area (Å²) in [6.07, 6.45) is 3.99. The van der Waals surface area contributed by atoms with Crippen LogP contribution in [0.2, 0.25) is 0 Å². The highest BCUT2D eigenvalue weighted by atomic mass is 32.2.